The Hall–Kier alpha value is -2.69. The highest BCUT2D eigenvalue weighted by atomic mass is 16.5. The minimum atomic E-state index is -0.572. The van der Waals surface area contributed by atoms with Crippen LogP contribution in [0.4, 0.5) is 5.69 Å². The predicted molar refractivity (Wildman–Crippen MR) is 93.4 cm³/mol. The molecule has 2 fully saturated rings. The minimum absolute atomic E-state index is 0.148. The lowest BCUT2D eigenvalue weighted by atomic mass is 9.65. The normalized spacial score (nSPS) is 18.7. The Morgan fingerprint density at radius 3 is 2.48 bits per heavy atom. The zero-order valence-corrected chi connectivity index (χ0v) is 14.0. The average Bonchev–Trinajstić information content (AvgIpc) is 3.02. The summed E-state index contributed by atoms with van der Waals surface area (Å²) in [6, 6.07) is 11.0. The van der Waals surface area contributed by atoms with Gasteiger partial charge in [0.1, 0.15) is 5.75 Å². The average molecular weight is 336 g/mol. The number of anilines is 1. The quantitative estimate of drug-likeness (QED) is 0.635. The van der Waals surface area contributed by atoms with E-state index in [0.717, 1.165) is 43.5 Å². The Balaban J connectivity index is 1.50. The van der Waals surface area contributed by atoms with Gasteiger partial charge in [0.2, 0.25) is 5.91 Å². The predicted octanol–water partition coefficient (Wildman–Crippen LogP) is 3.24. The number of rotatable bonds is 4. The van der Waals surface area contributed by atoms with Crippen molar-refractivity contribution in [1.29, 1.82) is 0 Å². The van der Waals surface area contributed by atoms with Crippen LogP contribution in [0.15, 0.2) is 48.8 Å². The van der Waals surface area contributed by atoms with Crippen molar-refractivity contribution >= 4 is 17.6 Å². The van der Waals surface area contributed by atoms with Gasteiger partial charge in [-0.25, -0.2) is 0 Å². The summed E-state index contributed by atoms with van der Waals surface area (Å²) in [6.07, 6.45) is 7.55. The summed E-state index contributed by atoms with van der Waals surface area (Å²) >= 11 is 0. The molecule has 1 aliphatic heterocycles. The molecule has 1 amide bonds. The van der Waals surface area contributed by atoms with Gasteiger partial charge in [0, 0.05) is 31.0 Å². The first-order valence-corrected chi connectivity index (χ1v) is 8.72. The number of pyridine rings is 1. The maximum Gasteiger partial charge on any atom is 0.322 e. The lowest BCUT2D eigenvalue weighted by Gasteiger charge is -2.39. The van der Waals surface area contributed by atoms with Crippen molar-refractivity contribution in [2.75, 3.05) is 11.4 Å². The van der Waals surface area contributed by atoms with Gasteiger partial charge < -0.3 is 9.64 Å². The number of carbonyl (C=O) groups is 2. The largest absolute Gasteiger partial charge is 0.426 e. The van der Waals surface area contributed by atoms with E-state index in [1.807, 2.05) is 24.3 Å². The van der Waals surface area contributed by atoms with E-state index in [1.165, 1.54) is 0 Å². The molecular weight excluding hydrogens is 316 g/mol. The third-order valence-electron chi connectivity index (χ3n) is 5.24. The molecule has 25 heavy (non-hydrogen) atoms. The van der Waals surface area contributed by atoms with Crippen molar-refractivity contribution in [3.8, 4) is 5.75 Å². The summed E-state index contributed by atoms with van der Waals surface area (Å²) in [6.45, 7) is 0.752. The van der Waals surface area contributed by atoms with E-state index in [2.05, 4.69) is 4.98 Å². The molecule has 0 bridgehead atoms. The van der Waals surface area contributed by atoms with E-state index in [1.54, 1.807) is 29.4 Å². The summed E-state index contributed by atoms with van der Waals surface area (Å²) in [7, 11) is 0. The van der Waals surface area contributed by atoms with Gasteiger partial charge >= 0.3 is 5.97 Å². The van der Waals surface area contributed by atoms with Gasteiger partial charge in [0.15, 0.2) is 0 Å². The van der Waals surface area contributed by atoms with Crippen LogP contribution < -0.4 is 9.64 Å². The van der Waals surface area contributed by atoms with Gasteiger partial charge in [-0.05, 0) is 55.2 Å². The molecule has 2 aliphatic rings. The third-order valence-corrected chi connectivity index (χ3v) is 5.24. The topological polar surface area (TPSA) is 59.5 Å². The summed E-state index contributed by atoms with van der Waals surface area (Å²) in [4.78, 5) is 30.5. The highest BCUT2D eigenvalue weighted by molar-refractivity contribution is 5.95. The van der Waals surface area contributed by atoms with E-state index in [0.29, 0.717) is 12.2 Å². The van der Waals surface area contributed by atoms with Crippen LogP contribution in [-0.2, 0) is 15.0 Å². The number of ether oxygens (including phenoxy) is 1. The minimum Gasteiger partial charge on any atom is -0.426 e. The maximum atomic E-state index is 12.8. The number of carbonyl (C=O) groups excluding carboxylic acids is 2. The van der Waals surface area contributed by atoms with E-state index >= 15 is 0 Å². The summed E-state index contributed by atoms with van der Waals surface area (Å²) in [5.74, 6) is 0.432. The van der Waals surface area contributed by atoms with E-state index in [9.17, 15) is 9.59 Å². The number of esters is 1. The Kier molecular flexibility index (Phi) is 3.99. The molecule has 1 aliphatic carbocycles. The molecule has 5 nitrogen and oxygen atoms in total. The van der Waals surface area contributed by atoms with Crippen LogP contribution in [0.1, 0.15) is 37.7 Å². The van der Waals surface area contributed by atoms with Crippen LogP contribution in [0.5, 0.6) is 5.75 Å². The van der Waals surface area contributed by atoms with Crippen LogP contribution in [-0.4, -0.2) is 23.4 Å². The standard InChI is InChI=1S/C20H20N2O3/c23-18-5-2-13-22(18)16-6-8-17(9-7-16)25-19(24)20(10-3-11-20)15-4-1-12-21-14-15/h1,4,6-9,12,14H,2-3,5,10-11,13H2. The Morgan fingerprint density at radius 1 is 1.12 bits per heavy atom. The van der Waals surface area contributed by atoms with Gasteiger partial charge in [-0.3, -0.25) is 14.6 Å². The molecule has 1 aromatic carbocycles. The summed E-state index contributed by atoms with van der Waals surface area (Å²) < 4.78 is 5.65. The molecule has 4 rings (SSSR count). The second-order valence-corrected chi connectivity index (χ2v) is 6.71. The molecule has 5 heteroatoms. The van der Waals surface area contributed by atoms with Crippen molar-refractivity contribution < 1.29 is 14.3 Å². The molecule has 0 radical (unpaired) electrons. The van der Waals surface area contributed by atoms with Crippen LogP contribution in [0.25, 0.3) is 0 Å². The highest BCUT2D eigenvalue weighted by Crippen LogP contribution is 2.44. The molecular formula is C20H20N2O3. The summed E-state index contributed by atoms with van der Waals surface area (Å²) in [5.41, 5.74) is 1.20. The zero-order valence-electron chi connectivity index (χ0n) is 14.0. The third kappa shape index (κ3) is 2.80. The van der Waals surface area contributed by atoms with Crippen molar-refractivity contribution in [3.63, 3.8) is 0 Å². The molecule has 0 atom stereocenters. The zero-order chi connectivity index (χ0) is 17.3. The van der Waals surface area contributed by atoms with Gasteiger partial charge in [-0.15, -0.1) is 0 Å². The highest BCUT2D eigenvalue weighted by Gasteiger charge is 2.47. The van der Waals surface area contributed by atoms with Crippen molar-refractivity contribution in [2.24, 2.45) is 0 Å². The van der Waals surface area contributed by atoms with Crippen LogP contribution >= 0.6 is 0 Å². The molecule has 0 unspecified atom stereocenters. The lowest BCUT2D eigenvalue weighted by molar-refractivity contribution is -0.144. The van der Waals surface area contributed by atoms with Gasteiger partial charge in [-0.1, -0.05) is 12.5 Å². The van der Waals surface area contributed by atoms with Crippen LogP contribution in [0, 0.1) is 0 Å². The van der Waals surface area contributed by atoms with Gasteiger partial charge in [0.25, 0.3) is 0 Å². The molecule has 1 aromatic heterocycles. The first-order valence-electron chi connectivity index (χ1n) is 8.72. The van der Waals surface area contributed by atoms with E-state index < -0.39 is 5.41 Å². The molecule has 2 aromatic rings. The second-order valence-electron chi connectivity index (χ2n) is 6.71. The van der Waals surface area contributed by atoms with Crippen molar-refractivity contribution in [3.05, 3.63) is 54.4 Å². The Bertz CT molecular complexity index is 782. The van der Waals surface area contributed by atoms with Gasteiger partial charge in [-0.2, -0.15) is 0 Å². The molecule has 1 saturated heterocycles. The number of amides is 1. The van der Waals surface area contributed by atoms with E-state index in [-0.39, 0.29) is 11.9 Å². The first kappa shape index (κ1) is 15.8. The summed E-state index contributed by atoms with van der Waals surface area (Å²) in [5, 5.41) is 0. The van der Waals surface area contributed by atoms with Crippen molar-refractivity contribution in [1.82, 2.24) is 4.98 Å². The number of nitrogens with zero attached hydrogens (tertiary/aromatic N) is 2. The Morgan fingerprint density at radius 2 is 1.92 bits per heavy atom. The van der Waals surface area contributed by atoms with Crippen LogP contribution in [0.2, 0.25) is 0 Å². The number of hydrogen-bond acceptors (Lipinski definition) is 4. The second kappa shape index (κ2) is 6.31. The fourth-order valence-corrected chi connectivity index (χ4v) is 3.61. The van der Waals surface area contributed by atoms with E-state index in [4.69, 9.17) is 4.74 Å². The molecule has 0 N–H and O–H groups in total. The number of benzene rings is 1. The van der Waals surface area contributed by atoms with Crippen LogP contribution in [0.3, 0.4) is 0 Å². The lowest BCUT2D eigenvalue weighted by Crippen LogP contribution is -2.45. The number of aromatic nitrogens is 1. The first-order chi connectivity index (χ1) is 12.2. The fourth-order valence-electron chi connectivity index (χ4n) is 3.61. The maximum absolute atomic E-state index is 12.8. The molecule has 0 spiro atoms. The van der Waals surface area contributed by atoms with Gasteiger partial charge in [0.05, 0.1) is 5.41 Å². The molecule has 2 heterocycles. The number of hydrogen-bond donors (Lipinski definition) is 0. The Labute approximate surface area is 146 Å². The molecule has 128 valence electrons. The fraction of sp³-hybridized carbons (Fsp3) is 0.350. The molecule has 1 saturated carbocycles. The smallest absolute Gasteiger partial charge is 0.322 e. The van der Waals surface area contributed by atoms with Crippen molar-refractivity contribution in [2.45, 2.75) is 37.5 Å². The SMILES string of the molecule is O=C1CCCN1c1ccc(OC(=O)C2(c3cccnc3)CCC2)cc1. The monoisotopic (exact) mass is 336 g/mol.